The second-order valence-electron chi connectivity index (χ2n) is 28.0. The first kappa shape index (κ1) is 84.5. The molecule has 102 heavy (non-hydrogen) atoms. The van der Waals surface area contributed by atoms with Crippen molar-refractivity contribution in [2.24, 2.45) is 23.3 Å². The Morgan fingerprint density at radius 3 is 1.23 bits per heavy atom. The van der Waals surface area contributed by atoms with Crippen LogP contribution >= 0.6 is 0 Å². The molecule has 26 nitrogen and oxygen atoms in total. The molecule has 9 amide bonds. The Kier molecular flexibility index (Phi) is 36.1. The molecule has 26 heteroatoms. The number of carbonyl (C=O) groups excluding carboxylic acids is 9. The van der Waals surface area contributed by atoms with E-state index in [2.05, 4.69) is 52.8 Å². The Morgan fingerprint density at radius 1 is 0.431 bits per heavy atom. The molecule has 0 unspecified atom stereocenters. The van der Waals surface area contributed by atoms with Crippen LogP contribution in [0.1, 0.15) is 148 Å². The second kappa shape index (κ2) is 43.7. The molecule has 0 saturated carbocycles. The van der Waals surface area contributed by atoms with Gasteiger partial charge in [-0.25, -0.2) is 14.4 Å². The highest BCUT2D eigenvalue weighted by atomic mass is 16.6. The number of aliphatic carboxylic acids is 1. The minimum Gasteiger partial charge on any atom is -0.480 e. The predicted molar refractivity (Wildman–Crippen MR) is 390 cm³/mol. The molecule has 0 spiro atoms. The molecule has 0 fully saturated rings. The number of hydrogen-bond acceptors (Lipinski definition) is 15. The molecule has 5 rings (SSSR count). The highest BCUT2D eigenvalue weighted by Crippen LogP contribution is 2.16. The Hall–Kier alpha value is -9.95. The molecule has 0 radical (unpaired) electrons. The number of pyridine rings is 1. The van der Waals surface area contributed by atoms with Crippen molar-refractivity contribution in [3.8, 4) is 0 Å². The van der Waals surface area contributed by atoms with Gasteiger partial charge in [-0.05, 0) is 152 Å². The van der Waals surface area contributed by atoms with Crippen LogP contribution in [0.4, 0.5) is 9.59 Å². The van der Waals surface area contributed by atoms with Gasteiger partial charge in [0.1, 0.15) is 53.5 Å². The van der Waals surface area contributed by atoms with Crippen LogP contribution in [-0.2, 0) is 80.1 Å². The van der Waals surface area contributed by atoms with Gasteiger partial charge in [0.25, 0.3) is 0 Å². The molecular formula is C76H108N12O14. The number of aromatic nitrogens is 1. The Morgan fingerprint density at radius 2 is 0.804 bits per heavy atom. The highest BCUT2D eigenvalue weighted by molar-refractivity contribution is 5.96. The number of ether oxygens (including phenoxy) is 2. The average molecular weight is 1410 g/mol. The van der Waals surface area contributed by atoms with Crippen LogP contribution in [0.5, 0.6) is 0 Å². The number of alkyl carbamates (subject to hydrolysis) is 2. The molecule has 8 atom stereocenters. The summed E-state index contributed by atoms with van der Waals surface area (Å²) in [6.07, 6.45) is 3.72. The number of aromatic amines is 1. The van der Waals surface area contributed by atoms with Gasteiger partial charge >= 0.3 is 18.2 Å². The molecule has 1 aromatic heterocycles. The number of H-pyrrole nitrogens is 1. The van der Waals surface area contributed by atoms with Crippen molar-refractivity contribution < 1.29 is 62.5 Å². The van der Waals surface area contributed by atoms with Gasteiger partial charge in [0.05, 0.1) is 6.04 Å². The molecule has 0 aliphatic carbocycles. The smallest absolute Gasteiger partial charge is 0.408 e. The van der Waals surface area contributed by atoms with E-state index in [0.717, 1.165) is 22.3 Å². The molecule has 0 saturated heterocycles. The van der Waals surface area contributed by atoms with Crippen molar-refractivity contribution in [3.63, 3.8) is 0 Å². The van der Waals surface area contributed by atoms with E-state index in [1.54, 1.807) is 71.9 Å². The number of carboxylic acids is 1. The minimum atomic E-state index is -1.25. The Labute approximate surface area is 598 Å². The van der Waals surface area contributed by atoms with Gasteiger partial charge in [0.2, 0.25) is 46.9 Å². The lowest BCUT2D eigenvalue weighted by Crippen LogP contribution is -2.58. The van der Waals surface area contributed by atoms with Gasteiger partial charge < -0.3 is 78.9 Å². The van der Waals surface area contributed by atoms with Crippen LogP contribution in [0.25, 0.3) is 0 Å². The molecule has 0 bridgehead atoms. The van der Waals surface area contributed by atoms with Crippen molar-refractivity contribution >= 4 is 59.5 Å². The quantitative estimate of drug-likeness (QED) is 0.0199. The third-order valence-corrected chi connectivity index (χ3v) is 15.5. The molecule has 1 heterocycles. The molecule has 0 aliphatic heterocycles. The lowest BCUT2D eigenvalue weighted by molar-refractivity contribution is -0.142. The Balaban J connectivity index is 0.000000435. The maximum atomic E-state index is 14.0. The van der Waals surface area contributed by atoms with Crippen LogP contribution in [0.2, 0.25) is 0 Å². The summed E-state index contributed by atoms with van der Waals surface area (Å²) in [5.41, 5.74) is 14.0. The van der Waals surface area contributed by atoms with Crippen molar-refractivity contribution in [1.82, 2.24) is 52.8 Å². The van der Waals surface area contributed by atoms with Crippen LogP contribution in [0.3, 0.4) is 0 Å². The number of nitrogens with two attached hydrogens (primary N) is 2. The van der Waals surface area contributed by atoms with Gasteiger partial charge in [0, 0.05) is 44.6 Å². The molecule has 5 aromatic rings. The number of nitrogens with one attached hydrogen (secondary N) is 10. The van der Waals surface area contributed by atoms with Crippen molar-refractivity contribution in [3.05, 3.63) is 178 Å². The van der Waals surface area contributed by atoms with Gasteiger partial charge in [0.15, 0.2) is 0 Å². The fourth-order valence-electron chi connectivity index (χ4n) is 10.5. The van der Waals surface area contributed by atoms with E-state index >= 15 is 0 Å². The second-order valence-corrected chi connectivity index (χ2v) is 28.0. The van der Waals surface area contributed by atoms with E-state index in [1.165, 1.54) is 12.3 Å². The normalized spacial score (nSPS) is 13.6. The first-order chi connectivity index (χ1) is 48.3. The van der Waals surface area contributed by atoms with Gasteiger partial charge in [-0.2, -0.15) is 0 Å². The van der Waals surface area contributed by atoms with Crippen molar-refractivity contribution in [1.29, 1.82) is 0 Å². The number of carbonyl (C=O) groups is 10. The van der Waals surface area contributed by atoms with Gasteiger partial charge in [-0.15, -0.1) is 0 Å². The molecular weight excluding hydrogens is 1300 g/mol. The summed E-state index contributed by atoms with van der Waals surface area (Å²) in [5.74, 6) is -5.26. The summed E-state index contributed by atoms with van der Waals surface area (Å²) >= 11 is 0. The summed E-state index contributed by atoms with van der Waals surface area (Å²) in [6, 6.07) is 31.3. The van der Waals surface area contributed by atoms with Gasteiger partial charge in [-0.3, -0.25) is 38.4 Å². The summed E-state index contributed by atoms with van der Waals surface area (Å²) in [5, 5.41) is 34.5. The third-order valence-electron chi connectivity index (χ3n) is 15.5. The summed E-state index contributed by atoms with van der Waals surface area (Å²) < 4.78 is 10.6. The number of hydrogen-bond donors (Lipinski definition) is 13. The monoisotopic (exact) mass is 1410 g/mol. The van der Waals surface area contributed by atoms with Crippen LogP contribution in [0, 0.1) is 11.8 Å². The number of unbranched alkanes of at least 4 members (excludes halogenated alkanes) is 2. The van der Waals surface area contributed by atoms with E-state index in [4.69, 9.17) is 20.9 Å². The minimum absolute atomic E-state index is 0.0169. The van der Waals surface area contributed by atoms with Crippen LogP contribution in [0.15, 0.2) is 144 Å². The SMILES string of the molecule is CC(C)C[C@@H](NC(=O)[C@@H](Cc1ccccc1)NC(=O)[C@@H](Cc1ccccc1)NC(=O)OC(C)(C)C)C(=O)N[C@H](CCCCNC(=O)OC(C)(C)C)C(=O)O.CC(C)C[C@@H](NC(=O)[C@@H](Cc1ccccc1)NC(=O)[C@H](N)Cc1ccccc1)C(=O)N[C@H](CCCCN)C(=O)NCc1cc[nH]c(=O)c1. The first-order valence-corrected chi connectivity index (χ1v) is 34.9. The van der Waals surface area contributed by atoms with Crippen molar-refractivity contribution in [2.75, 3.05) is 13.1 Å². The average Bonchev–Trinajstić information content (AvgIpc) is 0.857. The number of rotatable bonds is 38. The maximum Gasteiger partial charge on any atom is 0.408 e. The summed E-state index contributed by atoms with van der Waals surface area (Å²) in [4.78, 5) is 146. The molecule has 556 valence electrons. The maximum absolute atomic E-state index is 14.0. The molecule has 0 aliphatic rings. The predicted octanol–water partition coefficient (Wildman–Crippen LogP) is 6.08. The lowest BCUT2D eigenvalue weighted by atomic mass is 9.99. The first-order valence-electron chi connectivity index (χ1n) is 34.9. The summed E-state index contributed by atoms with van der Waals surface area (Å²) in [6.45, 7) is 18.7. The fraction of sp³-hybridized carbons (Fsp3) is 0.487. The zero-order chi connectivity index (χ0) is 75.4. The van der Waals surface area contributed by atoms with Crippen molar-refractivity contribution in [2.45, 2.75) is 212 Å². The van der Waals surface area contributed by atoms with E-state index in [1.807, 2.05) is 125 Å². The van der Waals surface area contributed by atoms with Crippen LogP contribution in [-0.4, -0.2) is 142 Å². The standard InChI is InChI=1S/C40H59N5O9.C36H49N7O5/c1-26(2)23-30(33(46)42-29(36(49)50)21-15-16-22-41-37(51)53-39(3,4)5)43-34(47)31(24-27-17-11-9-12-18-27)44-35(48)32(25-28-19-13-10-14-20-28)45-38(52)54-40(6,7)8;1-24(2)19-30(35(47)41-29(15-9-10-17-37)34(46)40-23-27-16-18-39-32(44)22-27)43-36(48)31(21-26-13-7-4-8-14-26)42-33(45)28(38)20-25-11-5-3-6-12-25/h9-14,17-20,26,29-32H,15-16,21-25H2,1-8H3,(H,41,51)(H,42,46)(H,43,47)(H,44,48)(H,45,52)(H,49,50);3-8,11-14,16,18,22,24,28-31H,9-10,15,17,19-21,23,37-38H2,1-2H3,(H,39,44)(H,40,46)(H,41,47)(H,42,45)(H,43,48)/t29-,30-,31-,32-;28-,29-,30-,31-/m11/s1. The summed E-state index contributed by atoms with van der Waals surface area (Å²) in [7, 11) is 0. The fourth-order valence-corrected chi connectivity index (χ4v) is 10.5. The zero-order valence-corrected chi connectivity index (χ0v) is 60.6. The Bertz CT molecular complexity index is 3490. The van der Waals surface area contributed by atoms with E-state index in [9.17, 15) is 57.8 Å². The van der Waals surface area contributed by atoms with E-state index in [0.29, 0.717) is 57.1 Å². The van der Waals surface area contributed by atoms with Crippen LogP contribution < -0.4 is 64.9 Å². The number of amides is 9. The molecule has 4 aromatic carbocycles. The van der Waals surface area contributed by atoms with E-state index < -0.39 is 119 Å². The topological polar surface area (TPSA) is 403 Å². The van der Waals surface area contributed by atoms with E-state index in [-0.39, 0.29) is 62.6 Å². The number of carboxylic acid groups (broad SMARTS) is 1. The van der Waals surface area contributed by atoms with Gasteiger partial charge in [-0.1, -0.05) is 149 Å². The highest BCUT2D eigenvalue weighted by Gasteiger charge is 2.35. The largest absolute Gasteiger partial charge is 0.480 e. The number of benzene rings is 4. The lowest BCUT2D eigenvalue weighted by Gasteiger charge is -2.27. The third kappa shape index (κ3) is 34.4. The molecule has 15 N–H and O–H groups in total. The zero-order valence-electron chi connectivity index (χ0n) is 60.6.